The van der Waals surface area contributed by atoms with Crippen LogP contribution >= 0.6 is 0 Å². The van der Waals surface area contributed by atoms with Crippen LogP contribution in [0.1, 0.15) is 25.1 Å². The monoisotopic (exact) mass is 437 g/mol. The first-order valence-corrected chi connectivity index (χ1v) is 10.9. The number of urea groups is 1. The van der Waals surface area contributed by atoms with Gasteiger partial charge >= 0.3 is 6.03 Å². The van der Waals surface area contributed by atoms with Gasteiger partial charge in [0, 0.05) is 67.6 Å². The lowest BCUT2D eigenvalue weighted by atomic mass is 9.98. The predicted octanol–water partition coefficient (Wildman–Crippen LogP) is 3.30. The zero-order chi connectivity index (χ0) is 22.6. The summed E-state index contributed by atoms with van der Waals surface area (Å²) in [4.78, 5) is 28.2. The minimum Gasteiger partial charge on any atom is -0.368 e. The lowest BCUT2D eigenvalue weighted by molar-refractivity contribution is 0.139. The zero-order valence-electron chi connectivity index (χ0n) is 18.9. The van der Waals surface area contributed by atoms with E-state index in [-0.39, 0.29) is 17.2 Å². The molecule has 2 amide bonds. The van der Waals surface area contributed by atoms with Gasteiger partial charge in [0.25, 0.3) is 0 Å². The second-order valence-electron chi connectivity index (χ2n) is 9.31. The first kappa shape index (κ1) is 20.7. The van der Waals surface area contributed by atoms with Crippen LogP contribution in [0.25, 0.3) is 5.65 Å². The van der Waals surface area contributed by atoms with Crippen LogP contribution in [0, 0.1) is 12.7 Å². The Morgan fingerprint density at radius 1 is 1.22 bits per heavy atom. The van der Waals surface area contributed by atoms with Gasteiger partial charge in [-0.05, 0) is 40.3 Å². The molecule has 3 aromatic rings. The number of rotatable bonds is 2. The molecule has 168 valence electrons. The van der Waals surface area contributed by atoms with Gasteiger partial charge in [-0.1, -0.05) is 0 Å². The largest absolute Gasteiger partial charge is 0.368 e. The highest BCUT2D eigenvalue weighted by Gasteiger charge is 2.35. The first-order valence-electron chi connectivity index (χ1n) is 10.9. The van der Waals surface area contributed by atoms with E-state index in [2.05, 4.69) is 46.0 Å². The van der Waals surface area contributed by atoms with Crippen LogP contribution < -0.4 is 15.1 Å². The van der Waals surface area contributed by atoms with Gasteiger partial charge in [-0.2, -0.15) is 0 Å². The van der Waals surface area contributed by atoms with Crippen molar-refractivity contribution in [3.05, 3.63) is 47.8 Å². The Hall–Kier alpha value is -3.20. The van der Waals surface area contributed by atoms with Crippen molar-refractivity contribution in [2.75, 3.05) is 48.3 Å². The Morgan fingerprint density at radius 3 is 2.81 bits per heavy atom. The summed E-state index contributed by atoms with van der Waals surface area (Å²) in [6.07, 6.45) is 5.91. The molecular weight excluding hydrogens is 409 g/mol. The highest BCUT2D eigenvalue weighted by atomic mass is 19.1. The number of halogens is 1. The van der Waals surface area contributed by atoms with Crippen LogP contribution in [0.15, 0.2) is 30.7 Å². The van der Waals surface area contributed by atoms with Crippen molar-refractivity contribution in [2.45, 2.75) is 32.7 Å². The SMILES string of the molecule is Cc1cn2cc(NC(=O)N3CCc4c(N5CCN(C)C(C)(C)C5)ccnc43)cc(F)c2n1. The van der Waals surface area contributed by atoms with Gasteiger partial charge in [0.2, 0.25) is 0 Å². The molecule has 5 rings (SSSR count). The number of hydrogen-bond acceptors (Lipinski definition) is 5. The summed E-state index contributed by atoms with van der Waals surface area (Å²) in [6.45, 7) is 9.67. The van der Waals surface area contributed by atoms with Crippen molar-refractivity contribution in [3.8, 4) is 0 Å². The molecule has 9 heteroatoms. The Morgan fingerprint density at radius 2 is 2.03 bits per heavy atom. The topological polar surface area (TPSA) is 69.0 Å². The summed E-state index contributed by atoms with van der Waals surface area (Å²) in [5, 5.41) is 2.82. The van der Waals surface area contributed by atoms with E-state index >= 15 is 0 Å². The number of anilines is 3. The molecule has 3 aromatic heterocycles. The fraction of sp³-hybridized carbons (Fsp3) is 0.435. The Bertz CT molecular complexity index is 1200. The van der Waals surface area contributed by atoms with E-state index in [1.165, 1.54) is 6.07 Å². The zero-order valence-corrected chi connectivity index (χ0v) is 18.9. The van der Waals surface area contributed by atoms with E-state index in [4.69, 9.17) is 0 Å². The molecule has 0 bridgehead atoms. The van der Waals surface area contributed by atoms with Crippen molar-refractivity contribution in [3.63, 3.8) is 0 Å². The Kier molecular flexibility index (Phi) is 4.81. The number of aryl methyl sites for hydroxylation is 1. The molecule has 0 saturated carbocycles. The van der Waals surface area contributed by atoms with Gasteiger partial charge in [0.1, 0.15) is 5.82 Å². The average Bonchev–Trinajstić information content (AvgIpc) is 3.33. The van der Waals surface area contributed by atoms with Crippen LogP contribution in [0.2, 0.25) is 0 Å². The number of carbonyl (C=O) groups excluding carboxylic acids is 1. The van der Waals surface area contributed by atoms with Crippen LogP contribution in [-0.4, -0.2) is 64.1 Å². The van der Waals surface area contributed by atoms with Crippen LogP contribution in [-0.2, 0) is 6.42 Å². The predicted molar refractivity (Wildman–Crippen MR) is 123 cm³/mol. The van der Waals surface area contributed by atoms with Gasteiger partial charge < -0.3 is 14.6 Å². The summed E-state index contributed by atoms with van der Waals surface area (Å²) in [5.74, 6) is 0.201. The smallest absolute Gasteiger partial charge is 0.327 e. The molecule has 32 heavy (non-hydrogen) atoms. The van der Waals surface area contributed by atoms with Crippen LogP contribution in [0.4, 0.5) is 26.4 Å². The number of nitrogens with zero attached hydrogens (tertiary/aromatic N) is 6. The van der Waals surface area contributed by atoms with Crippen molar-refractivity contribution in [1.82, 2.24) is 19.3 Å². The van der Waals surface area contributed by atoms with E-state index in [1.54, 1.807) is 34.8 Å². The third-order valence-electron chi connectivity index (χ3n) is 6.63. The minimum atomic E-state index is -0.476. The van der Waals surface area contributed by atoms with Gasteiger partial charge in [0.05, 0.1) is 11.4 Å². The number of fused-ring (bicyclic) bond motifs is 2. The molecule has 1 N–H and O–H groups in total. The second-order valence-corrected chi connectivity index (χ2v) is 9.31. The maximum absolute atomic E-state index is 14.4. The third-order valence-corrected chi connectivity index (χ3v) is 6.63. The van der Waals surface area contributed by atoms with Crippen LogP contribution in [0.3, 0.4) is 0 Å². The number of likely N-dealkylation sites (N-methyl/N-ethyl adjacent to an activating group) is 1. The molecule has 0 unspecified atom stereocenters. The lowest BCUT2D eigenvalue weighted by Crippen LogP contribution is -2.57. The highest BCUT2D eigenvalue weighted by Crippen LogP contribution is 2.36. The van der Waals surface area contributed by atoms with Crippen molar-refractivity contribution in [1.29, 1.82) is 0 Å². The van der Waals surface area contributed by atoms with Gasteiger partial charge in [-0.25, -0.2) is 19.2 Å². The molecule has 5 heterocycles. The van der Waals surface area contributed by atoms with Crippen molar-refractivity contribution >= 4 is 28.9 Å². The first-order chi connectivity index (χ1) is 15.2. The summed E-state index contributed by atoms with van der Waals surface area (Å²) in [7, 11) is 2.16. The fourth-order valence-corrected chi connectivity index (χ4v) is 4.65. The molecule has 1 fully saturated rings. The molecule has 2 aliphatic rings. The van der Waals surface area contributed by atoms with Gasteiger partial charge in [-0.15, -0.1) is 0 Å². The van der Waals surface area contributed by atoms with Crippen LogP contribution in [0.5, 0.6) is 0 Å². The maximum Gasteiger partial charge on any atom is 0.327 e. The van der Waals surface area contributed by atoms with E-state index in [0.29, 0.717) is 23.7 Å². The second kappa shape index (κ2) is 7.44. The Labute approximate surface area is 186 Å². The summed E-state index contributed by atoms with van der Waals surface area (Å²) < 4.78 is 16.0. The highest BCUT2D eigenvalue weighted by molar-refractivity contribution is 6.03. The van der Waals surface area contributed by atoms with Crippen molar-refractivity contribution in [2.24, 2.45) is 0 Å². The quantitative estimate of drug-likeness (QED) is 0.666. The molecule has 1 saturated heterocycles. The van der Waals surface area contributed by atoms with Gasteiger partial charge in [-0.3, -0.25) is 9.80 Å². The molecule has 0 radical (unpaired) electrons. The Balaban J connectivity index is 1.39. The number of aromatic nitrogens is 3. The molecule has 0 atom stereocenters. The van der Waals surface area contributed by atoms with E-state index < -0.39 is 5.82 Å². The number of hydrogen-bond donors (Lipinski definition) is 1. The molecule has 8 nitrogen and oxygen atoms in total. The number of imidazole rings is 1. The van der Waals surface area contributed by atoms with Crippen molar-refractivity contribution < 1.29 is 9.18 Å². The molecule has 0 aromatic carbocycles. The summed E-state index contributed by atoms with van der Waals surface area (Å²) in [5.41, 5.74) is 3.64. The lowest BCUT2D eigenvalue weighted by Gasteiger charge is -2.46. The molecular formula is C23H28FN7O. The maximum atomic E-state index is 14.4. The number of amides is 2. The van der Waals surface area contributed by atoms with Gasteiger partial charge in [0.15, 0.2) is 11.5 Å². The normalized spacial score (nSPS) is 18.3. The number of piperazine rings is 1. The summed E-state index contributed by atoms with van der Waals surface area (Å²) >= 11 is 0. The molecule has 2 aliphatic heterocycles. The third kappa shape index (κ3) is 3.46. The average molecular weight is 438 g/mol. The van der Waals surface area contributed by atoms with E-state index in [9.17, 15) is 9.18 Å². The standard InChI is InChI=1S/C23H28FN7O/c1-15-12-30-13-16(11-18(24)21(30)26-15)27-22(32)31-8-6-17-19(5-7-25-20(17)31)29-10-9-28(4)23(2,3)14-29/h5,7,11-13H,6,8-10,14H2,1-4H3,(H,27,32). The molecule has 0 spiro atoms. The van der Waals surface area contributed by atoms with E-state index in [0.717, 1.165) is 37.3 Å². The summed E-state index contributed by atoms with van der Waals surface area (Å²) in [6, 6.07) is 3.03. The number of pyridine rings is 2. The molecule has 0 aliphatic carbocycles. The fourth-order valence-electron chi connectivity index (χ4n) is 4.65. The minimum absolute atomic E-state index is 0.0679. The number of nitrogens with one attached hydrogen (secondary N) is 1. The van der Waals surface area contributed by atoms with E-state index in [1.807, 2.05) is 6.07 Å². The number of carbonyl (C=O) groups is 1.